The lowest BCUT2D eigenvalue weighted by Gasteiger charge is -1.95. The summed E-state index contributed by atoms with van der Waals surface area (Å²) < 4.78 is 57.4. The van der Waals surface area contributed by atoms with Crippen molar-refractivity contribution in [3.05, 3.63) is 56.8 Å². The van der Waals surface area contributed by atoms with Crippen molar-refractivity contribution in [3.8, 4) is 11.5 Å². The molecule has 0 atom stereocenters. The molecule has 0 fully saturated rings. The Morgan fingerprint density at radius 2 is 1.61 bits per heavy atom. The maximum absolute atomic E-state index is 10.7. The first-order chi connectivity index (χ1) is 11.8. The zero-order valence-corrected chi connectivity index (χ0v) is 11.7. The monoisotopic (exact) mass is 380 g/mol. The smallest absolute Gasteiger partial charge is 0.153 e. The van der Waals surface area contributed by atoms with Gasteiger partial charge in [-0.25, -0.2) is 0 Å². The summed E-state index contributed by atoms with van der Waals surface area (Å²) in [5.74, 6) is -1.41. The van der Waals surface area contributed by atoms with Crippen LogP contribution in [0.1, 0.15) is 21.3 Å². The normalized spacial score (nSPS) is 15.4. The van der Waals surface area contributed by atoms with Crippen molar-refractivity contribution in [1.29, 1.82) is 0 Å². The molecular weight excluding hydrogens is 364 g/mol. The van der Waals surface area contributed by atoms with Gasteiger partial charge in [-0.1, -0.05) is 31.9 Å². The first-order valence-corrected chi connectivity index (χ1v) is 5.87. The van der Waals surface area contributed by atoms with E-state index < -0.39 is 47.5 Å². The minimum Gasteiger partial charge on any atom is -0.508 e. The number of hydrogen-bond acceptors (Lipinski definition) is 3. The number of carbonyl (C=O) groups is 1. The van der Waals surface area contributed by atoms with E-state index >= 15 is 0 Å². The molecule has 0 saturated carbocycles. The molecule has 0 heterocycles. The van der Waals surface area contributed by atoms with Crippen LogP contribution < -0.4 is 0 Å². The Kier molecular flexibility index (Phi) is 2.68. The van der Waals surface area contributed by atoms with Gasteiger partial charge in [-0.3, -0.25) is 4.79 Å². The Bertz CT molecular complexity index is 770. The number of phenolic OH excluding ortho intramolecular Hbond substituents is 2. The number of aldehydes is 1. The highest BCUT2D eigenvalue weighted by Gasteiger charge is 1.97. The van der Waals surface area contributed by atoms with Gasteiger partial charge in [0.15, 0.2) is 6.26 Å². The Hall–Kier alpha value is -1.33. The summed E-state index contributed by atoms with van der Waals surface area (Å²) >= 11 is 5.73. The van der Waals surface area contributed by atoms with Gasteiger partial charge in [0, 0.05) is 8.95 Å². The highest BCUT2D eigenvalue weighted by molar-refractivity contribution is 9.10. The van der Waals surface area contributed by atoms with E-state index in [2.05, 4.69) is 31.9 Å². The van der Waals surface area contributed by atoms with E-state index in [1.165, 1.54) is 0 Å². The van der Waals surface area contributed by atoms with Gasteiger partial charge >= 0.3 is 0 Å². The molecule has 0 aromatic heterocycles. The lowest BCUT2D eigenvalue weighted by molar-refractivity contribution is 0.112. The number of hydrogen-bond donors (Lipinski definition) is 2. The molecule has 0 radical (unpaired) electrons. The van der Waals surface area contributed by atoms with Gasteiger partial charge < -0.3 is 10.2 Å². The van der Waals surface area contributed by atoms with Gasteiger partial charge in [0.05, 0.1) is 15.2 Å². The molecule has 18 heavy (non-hydrogen) atoms. The predicted octanol–water partition coefficient (Wildman–Crippen LogP) is 4.12. The molecule has 0 saturated heterocycles. The molecule has 0 spiro atoms. The van der Waals surface area contributed by atoms with Crippen LogP contribution in [-0.4, -0.2) is 16.5 Å². The van der Waals surface area contributed by atoms with Crippen molar-refractivity contribution in [2.24, 2.45) is 0 Å². The topological polar surface area (TPSA) is 57.5 Å². The molecule has 0 unspecified atom stereocenters. The van der Waals surface area contributed by atoms with E-state index in [0.717, 1.165) is 0 Å². The summed E-state index contributed by atoms with van der Waals surface area (Å²) in [6, 6.07) is -2.78. The van der Waals surface area contributed by atoms with Crippen LogP contribution >= 0.6 is 31.9 Å². The first kappa shape index (κ1) is 6.73. The molecule has 2 N–H and O–H groups in total. The van der Waals surface area contributed by atoms with Gasteiger partial charge in [-0.05, 0) is 42.3 Å². The van der Waals surface area contributed by atoms with Gasteiger partial charge in [-0.15, -0.1) is 0 Å². The van der Waals surface area contributed by atoms with E-state index in [9.17, 15) is 9.90 Å². The molecule has 0 bridgehead atoms. The number of phenols is 2. The lowest BCUT2D eigenvalue weighted by atomic mass is 10.2. The minimum absolute atomic E-state index is 0.0651. The SMILES string of the molecule is [2H]C(=O)c1c([2H])c(Br)c([2H])c([2H])c1O.[2H]c1c([2H])c(Br)c([2H])c([2H])c1O. The Labute approximate surface area is 133 Å². The Morgan fingerprint density at radius 3 is 2.17 bits per heavy atom. The van der Waals surface area contributed by atoms with Crippen LogP contribution in [-0.2, 0) is 0 Å². The van der Waals surface area contributed by atoms with Gasteiger partial charge in [0.1, 0.15) is 12.9 Å². The van der Waals surface area contributed by atoms with Crippen molar-refractivity contribution in [2.45, 2.75) is 0 Å². The first-order valence-electron chi connectivity index (χ1n) is 8.28. The van der Waals surface area contributed by atoms with Gasteiger partial charge in [-0.2, -0.15) is 0 Å². The molecule has 2 aromatic rings. The highest BCUT2D eigenvalue weighted by atomic mass is 79.9. The molecule has 0 aliphatic heterocycles. The zero-order valence-electron chi connectivity index (χ0n) is 16.6. The summed E-state index contributed by atoms with van der Waals surface area (Å²) in [5, 5.41) is 18.3. The average Bonchev–Trinajstić information content (AvgIpc) is 2.60. The lowest BCUT2D eigenvalue weighted by Crippen LogP contribution is -1.79. The molecular formula is C13H10Br2O3. The fourth-order valence-electron chi connectivity index (χ4n) is 0.741. The third-order valence-corrected chi connectivity index (χ3v) is 2.24. The third-order valence-electron chi connectivity index (χ3n) is 1.45. The third kappa shape index (κ3) is 4.89. The second-order valence-electron chi connectivity index (χ2n) is 2.68. The Morgan fingerprint density at radius 1 is 1.06 bits per heavy atom. The van der Waals surface area contributed by atoms with E-state index in [1.807, 2.05) is 0 Å². The minimum atomic E-state index is -1.25. The number of halogens is 2. The van der Waals surface area contributed by atoms with E-state index in [-0.39, 0.29) is 27.1 Å². The van der Waals surface area contributed by atoms with Crippen molar-refractivity contribution in [2.75, 3.05) is 0 Å². The fourth-order valence-corrected chi connectivity index (χ4v) is 1.24. The van der Waals surface area contributed by atoms with Crippen molar-refractivity contribution < 1.29 is 26.0 Å². The summed E-state index contributed by atoms with van der Waals surface area (Å²) in [6.45, 7) is 0. The predicted molar refractivity (Wildman–Crippen MR) is 77.0 cm³/mol. The molecule has 94 valence electrons. The van der Waals surface area contributed by atoms with Crippen molar-refractivity contribution >= 4 is 38.1 Å². The Balaban J connectivity index is 0.000000263. The number of aromatic hydroxyl groups is 2. The standard InChI is InChI=1S/C7H5BrO2.C6H5BrO/c8-6-1-2-7(10)5(3-6)4-9;7-5-1-3-6(8)4-2-5/h1-4,10H;1-4,8H/i2*1D,2D,3D,4D. The van der Waals surface area contributed by atoms with Crippen LogP contribution in [0.4, 0.5) is 0 Å². The van der Waals surface area contributed by atoms with Crippen LogP contribution in [0, 0.1) is 0 Å². The molecule has 2 aromatic carbocycles. The summed E-state index contributed by atoms with van der Waals surface area (Å²) in [6.07, 6.45) is -1.25. The van der Waals surface area contributed by atoms with E-state index in [1.54, 1.807) is 0 Å². The van der Waals surface area contributed by atoms with Crippen molar-refractivity contribution in [1.82, 2.24) is 0 Å². The molecule has 0 amide bonds. The second-order valence-corrected chi connectivity index (χ2v) is 4.26. The second kappa shape index (κ2) is 7.18. The number of carbonyl (C=O) groups excluding carboxylic acids is 1. The van der Waals surface area contributed by atoms with Gasteiger partial charge in [0.2, 0.25) is 0 Å². The van der Waals surface area contributed by atoms with Crippen LogP contribution in [0.25, 0.3) is 0 Å². The average molecular weight is 382 g/mol. The molecule has 2 rings (SSSR count). The van der Waals surface area contributed by atoms with E-state index in [0.29, 0.717) is 0 Å². The van der Waals surface area contributed by atoms with Crippen LogP contribution in [0.2, 0.25) is 0 Å². The number of benzene rings is 2. The molecule has 5 heteroatoms. The van der Waals surface area contributed by atoms with E-state index in [4.69, 9.17) is 16.1 Å². The zero-order chi connectivity index (χ0) is 20.5. The molecule has 0 aliphatic rings. The van der Waals surface area contributed by atoms with Gasteiger partial charge in [0.25, 0.3) is 0 Å². The summed E-state index contributed by atoms with van der Waals surface area (Å²) in [7, 11) is 0. The summed E-state index contributed by atoms with van der Waals surface area (Å²) in [5.41, 5.74) is -0.558. The maximum atomic E-state index is 10.7. The molecule has 0 aliphatic carbocycles. The van der Waals surface area contributed by atoms with Crippen LogP contribution in [0.15, 0.2) is 51.2 Å². The quantitative estimate of drug-likeness (QED) is 0.730. The summed E-state index contributed by atoms with van der Waals surface area (Å²) in [4.78, 5) is 10.7. The van der Waals surface area contributed by atoms with Crippen molar-refractivity contribution in [3.63, 3.8) is 0 Å². The highest BCUT2D eigenvalue weighted by Crippen LogP contribution is 2.19. The maximum Gasteiger partial charge on any atom is 0.153 e. The van der Waals surface area contributed by atoms with Crippen LogP contribution in [0.3, 0.4) is 0 Å². The number of rotatable bonds is 1. The largest absolute Gasteiger partial charge is 0.508 e. The fraction of sp³-hybridized carbons (Fsp3) is 0. The van der Waals surface area contributed by atoms with Crippen LogP contribution in [0.5, 0.6) is 11.5 Å². The molecule has 3 nitrogen and oxygen atoms in total.